The predicted molar refractivity (Wildman–Crippen MR) is 107 cm³/mol. The van der Waals surface area contributed by atoms with Crippen LogP contribution in [0.4, 0.5) is 5.69 Å². The number of nitrogens with one attached hydrogen (secondary N) is 2. The molecule has 9 nitrogen and oxygen atoms in total. The number of hydrogen-bond donors (Lipinski definition) is 3. The monoisotopic (exact) mass is 417 g/mol. The lowest BCUT2D eigenvalue weighted by Gasteiger charge is -2.33. The highest BCUT2D eigenvalue weighted by Gasteiger charge is 2.74. The average Bonchev–Trinajstić information content (AvgIpc) is 3.39. The number of ether oxygens (including phenoxy) is 2. The number of rotatable bonds is 7. The fourth-order valence-corrected chi connectivity index (χ4v) is 5.29. The molecular formula is C21H27N3O6. The summed E-state index contributed by atoms with van der Waals surface area (Å²) in [6.07, 6.45) is 1.14. The Morgan fingerprint density at radius 2 is 2.03 bits per heavy atom. The number of methoxy groups -OCH3 is 1. The SMILES string of the molecule is CNC(=O)[C@@H]1[C@@H]2CCC3(O2)C(C(=O)Nc2ccc(OC)cc2)N(CCCO)C(=O)[C@H]13. The van der Waals surface area contributed by atoms with Gasteiger partial charge in [-0.2, -0.15) is 0 Å². The number of likely N-dealkylation sites (tertiary alicyclic amines) is 1. The largest absolute Gasteiger partial charge is 0.497 e. The molecule has 2 unspecified atom stereocenters. The van der Waals surface area contributed by atoms with E-state index < -0.39 is 23.5 Å². The second-order valence-corrected chi connectivity index (χ2v) is 8.00. The van der Waals surface area contributed by atoms with Crippen LogP contribution in [0.2, 0.25) is 0 Å². The quantitative estimate of drug-likeness (QED) is 0.581. The Morgan fingerprint density at radius 3 is 2.67 bits per heavy atom. The highest BCUT2D eigenvalue weighted by Crippen LogP contribution is 2.58. The average molecular weight is 417 g/mol. The van der Waals surface area contributed by atoms with Gasteiger partial charge in [0.1, 0.15) is 17.4 Å². The molecule has 0 saturated carbocycles. The van der Waals surface area contributed by atoms with Crippen molar-refractivity contribution < 1.29 is 29.0 Å². The molecule has 3 aliphatic rings. The van der Waals surface area contributed by atoms with Gasteiger partial charge >= 0.3 is 0 Å². The van der Waals surface area contributed by atoms with Gasteiger partial charge in [-0.1, -0.05) is 0 Å². The maximum atomic E-state index is 13.4. The highest BCUT2D eigenvalue weighted by molar-refractivity contribution is 6.03. The second kappa shape index (κ2) is 7.88. The van der Waals surface area contributed by atoms with Crippen LogP contribution >= 0.6 is 0 Å². The summed E-state index contributed by atoms with van der Waals surface area (Å²) < 4.78 is 11.4. The molecule has 3 N–H and O–H groups in total. The van der Waals surface area contributed by atoms with E-state index in [0.717, 1.165) is 0 Å². The highest BCUT2D eigenvalue weighted by atomic mass is 16.5. The van der Waals surface area contributed by atoms with Crippen LogP contribution in [-0.4, -0.2) is 72.8 Å². The third-order valence-electron chi connectivity index (χ3n) is 6.51. The number of aliphatic hydroxyl groups excluding tert-OH is 1. The fourth-order valence-electron chi connectivity index (χ4n) is 5.29. The molecule has 3 aliphatic heterocycles. The molecule has 0 aromatic heterocycles. The van der Waals surface area contributed by atoms with Gasteiger partial charge in [0.15, 0.2) is 0 Å². The van der Waals surface area contributed by atoms with E-state index >= 15 is 0 Å². The van der Waals surface area contributed by atoms with Crippen LogP contribution in [0.25, 0.3) is 0 Å². The molecule has 4 rings (SSSR count). The summed E-state index contributed by atoms with van der Waals surface area (Å²) in [5.41, 5.74) is -0.448. The van der Waals surface area contributed by atoms with Crippen molar-refractivity contribution in [2.75, 3.05) is 32.6 Å². The van der Waals surface area contributed by atoms with E-state index in [-0.39, 0.29) is 37.0 Å². The van der Waals surface area contributed by atoms with E-state index in [9.17, 15) is 19.5 Å². The number of nitrogens with zero attached hydrogens (tertiary/aromatic N) is 1. The second-order valence-electron chi connectivity index (χ2n) is 8.00. The van der Waals surface area contributed by atoms with Crippen molar-refractivity contribution in [1.29, 1.82) is 0 Å². The number of fused-ring (bicyclic) bond motifs is 1. The maximum Gasteiger partial charge on any atom is 0.250 e. The Morgan fingerprint density at radius 1 is 1.30 bits per heavy atom. The van der Waals surface area contributed by atoms with E-state index in [0.29, 0.717) is 30.7 Å². The zero-order valence-electron chi connectivity index (χ0n) is 17.1. The predicted octanol–water partition coefficient (Wildman–Crippen LogP) is 0.137. The summed E-state index contributed by atoms with van der Waals surface area (Å²) in [7, 11) is 3.10. The summed E-state index contributed by atoms with van der Waals surface area (Å²) >= 11 is 0. The number of anilines is 1. The summed E-state index contributed by atoms with van der Waals surface area (Å²) in [6.45, 7) is 0.124. The van der Waals surface area contributed by atoms with Crippen LogP contribution in [-0.2, 0) is 19.1 Å². The van der Waals surface area contributed by atoms with Gasteiger partial charge < -0.3 is 30.1 Å². The number of benzene rings is 1. The first-order valence-corrected chi connectivity index (χ1v) is 10.2. The summed E-state index contributed by atoms with van der Waals surface area (Å²) in [5.74, 6) is -1.48. The molecule has 1 aromatic rings. The molecule has 2 bridgehead atoms. The minimum atomic E-state index is -1.02. The number of aliphatic hydroxyl groups is 1. The van der Waals surface area contributed by atoms with E-state index in [1.54, 1.807) is 31.4 Å². The molecule has 30 heavy (non-hydrogen) atoms. The van der Waals surface area contributed by atoms with Gasteiger partial charge in [0.25, 0.3) is 0 Å². The third kappa shape index (κ3) is 3.04. The van der Waals surface area contributed by atoms with Gasteiger partial charge in [0.05, 0.1) is 25.0 Å². The number of amides is 3. The molecule has 0 radical (unpaired) electrons. The van der Waals surface area contributed by atoms with Gasteiger partial charge in [-0.15, -0.1) is 0 Å². The molecule has 3 fully saturated rings. The molecular weight excluding hydrogens is 390 g/mol. The van der Waals surface area contributed by atoms with Crippen LogP contribution in [0.5, 0.6) is 5.75 Å². The van der Waals surface area contributed by atoms with Crippen molar-refractivity contribution >= 4 is 23.4 Å². The first-order chi connectivity index (χ1) is 14.5. The van der Waals surface area contributed by atoms with Crippen molar-refractivity contribution in [3.05, 3.63) is 24.3 Å². The van der Waals surface area contributed by atoms with E-state index in [4.69, 9.17) is 9.47 Å². The molecule has 1 aromatic carbocycles. The minimum absolute atomic E-state index is 0.101. The zero-order chi connectivity index (χ0) is 21.5. The van der Waals surface area contributed by atoms with Crippen molar-refractivity contribution in [2.24, 2.45) is 11.8 Å². The molecule has 1 spiro atoms. The molecule has 5 atom stereocenters. The van der Waals surface area contributed by atoms with Gasteiger partial charge in [-0.25, -0.2) is 0 Å². The lowest BCUT2D eigenvalue weighted by atomic mass is 9.70. The molecule has 162 valence electrons. The van der Waals surface area contributed by atoms with Gasteiger partial charge in [-0.3, -0.25) is 14.4 Å². The van der Waals surface area contributed by atoms with Crippen LogP contribution < -0.4 is 15.4 Å². The third-order valence-corrected chi connectivity index (χ3v) is 6.51. The number of hydrogen-bond acceptors (Lipinski definition) is 6. The topological polar surface area (TPSA) is 117 Å². The van der Waals surface area contributed by atoms with Crippen LogP contribution in [0, 0.1) is 11.8 Å². The number of carbonyl (C=O) groups excluding carboxylic acids is 3. The summed E-state index contributed by atoms with van der Waals surface area (Å²) in [6, 6.07) is 6.06. The van der Waals surface area contributed by atoms with Crippen LogP contribution in [0.3, 0.4) is 0 Å². The van der Waals surface area contributed by atoms with E-state index in [1.165, 1.54) is 11.9 Å². The first kappa shape index (κ1) is 20.6. The lowest BCUT2D eigenvalue weighted by Crippen LogP contribution is -2.53. The molecule has 3 amide bonds. The van der Waals surface area contributed by atoms with Crippen molar-refractivity contribution in [1.82, 2.24) is 10.2 Å². The smallest absolute Gasteiger partial charge is 0.250 e. The van der Waals surface area contributed by atoms with Crippen LogP contribution in [0.1, 0.15) is 19.3 Å². The van der Waals surface area contributed by atoms with Crippen molar-refractivity contribution in [2.45, 2.75) is 37.0 Å². The number of carbonyl (C=O) groups is 3. The minimum Gasteiger partial charge on any atom is -0.497 e. The van der Waals surface area contributed by atoms with Crippen molar-refractivity contribution in [3.8, 4) is 5.75 Å². The van der Waals surface area contributed by atoms with Gasteiger partial charge in [0, 0.05) is 25.9 Å². The Bertz CT molecular complexity index is 844. The zero-order valence-corrected chi connectivity index (χ0v) is 17.1. The molecule has 9 heteroatoms. The normalized spacial score (nSPS) is 31.6. The Kier molecular flexibility index (Phi) is 5.42. The van der Waals surface area contributed by atoms with Crippen molar-refractivity contribution in [3.63, 3.8) is 0 Å². The van der Waals surface area contributed by atoms with Gasteiger partial charge in [0.2, 0.25) is 17.7 Å². The van der Waals surface area contributed by atoms with E-state index in [1.807, 2.05) is 0 Å². The molecule has 3 heterocycles. The Labute approximate surface area is 174 Å². The van der Waals surface area contributed by atoms with Crippen LogP contribution in [0.15, 0.2) is 24.3 Å². The first-order valence-electron chi connectivity index (χ1n) is 10.2. The molecule has 0 aliphatic carbocycles. The lowest BCUT2D eigenvalue weighted by molar-refractivity contribution is -0.140. The Hall–Kier alpha value is -2.65. The molecule has 3 saturated heterocycles. The van der Waals surface area contributed by atoms with Gasteiger partial charge in [-0.05, 0) is 43.5 Å². The summed E-state index contributed by atoms with van der Waals surface area (Å²) in [4.78, 5) is 40.7. The maximum absolute atomic E-state index is 13.4. The Balaban J connectivity index is 1.65. The standard InChI is InChI=1S/C21H27N3O6/c1-22-18(26)15-14-8-9-21(30-14)16(15)20(28)24(10-3-11-25)17(21)19(27)23-12-4-6-13(29-2)7-5-12/h4-7,14-17,25H,3,8-11H2,1-2H3,(H,22,26)(H,23,27)/t14-,15+,16-,17?,21?/m0/s1. The summed E-state index contributed by atoms with van der Waals surface area (Å²) in [5, 5.41) is 14.8. The fraction of sp³-hybridized carbons (Fsp3) is 0.571. The van der Waals surface area contributed by atoms with E-state index in [2.05, 4.69) is 10.6 Å².